The molecule has 3 aromatic rings. The summed E-state index contributed by atoms with van der Waals surface area (Å²) in [5.74, 6) is -0.475. The van der Waals surface area contributed by atoms with Gasteiger partial charge in [-0.15, -0.1) is 0 Å². The summed E-state index contributed by atoms with van der Waals surface area (Å²) in [4.78, 5) is 29.8. The van der Waals surface area contributed by atoms with Gasteiger partial charge >= 0.3 is 0 Å². The van der Waals surface area contributed by atoms with Gasteiger partial charge < -0.3 is 9.88 Å². The number of nitrogens with zero attached hydrogens (tertiary/aromatic N) is 4. The lowest BCUT2D eigenvalue weighted by Gasteiger charge is -2.32. The predicted octanol–water partition coefficient (Wildman–Crippen LogP) is 2.78. The standard InChI is InChI=1S/C16H14FN5OS/c17-10-4-1-2-5-11(10)22-7-3-6-12(16(22)23)24-15-13-14(19-8-18-13)20-9-21-15/h1-2,4-5,8-9,12H,3,6-7H2,(H,18,19,20,21)/t12-/m0/s1. The van der Waals surface area contributed by atoms with Gasteiger partial charge in [-0.1, -0.05) is 23.9 Å². The van der Waals surface area contributed by atoms with Gasteiger partial charge in [-0.2, -0.15) is 0 Å². The second-order valence-corrected chi connectivity index (χ2v) is 6.66. The van der Waals surface area contributed by atoms with Crippen molar-refractivity contribution in [2.75, 3.05) is 11.4 Å². The van der Waals surface area contributed by atoms with Crippen molar-refractivity contribution in [1.29, 1.82) is 0 Å². The van der Waals surface area contributed by atoms with Crippen LogP contribution in [0.4, 0.5) is 10.1 Å². The summed E-state index contributed by atoms with van der Waals surface area (Å²) in [6.07, 6.45) is 4.54. The first-order chi connectivity index (χ1) is 11.7. The molecule has 3 heterocycles. The number of hydrogen-bond donors (Lipinski definition) is 1. The van der Waals surface area contributed by atoms with E-state index in [-0.39, 0.29) is 17.0 Å². The van der Waals surface area contributed by atoms with Crippen LogP contribution in [-0.2, 0) is 4.79 Å². The van der Waals surface area contributed by atoms with Crippen molar-refractivity contribution in [3.63, 3.8) is 0 Å². The molecular weight excluding hydrogens is 329 g/mol. The molecule has 1 N–H and O–H groups in total. The summed E-state index contributed by atoms with van der Waals surface area (Å²) < 4.78 is 14.0. The molecule has 6 nitrogen and oxygen atoms in total. The Kier molecular flexibility index (Phi) is 3.89. The van der Waals surface area contributed by atoms with Crippen LogP contribution in [0.15, 0.2) is 41.9 Å². The van der Waals surface area contributed by atoms with Gasteiger partial charge in [0.25, 0.3) is 0 Å². The predicted molar refractivity (Wildman–Crippen MR) is 89.3 cm³/mol. The molecule has 1 aliphatic rings. The van der Waals surface area contributed by atoms with Crippen LogP contribution in [-0.4, -0.2) is 37.6 Å². The third-order valence-corrected chi connectivity index (χ3v) is 5.23. The molecule has 24 heavy (non-hydrogen) atoms. The van der Waals surface area contributed by atoms with E-state index in [0.717, 1.165) is 18.4 Å². The normalized spacial score (nSPS) is 18.3. The van der Waals surface area contributed by atoms with Crippen LogP contribution in [0.25, 0.3) is 11.2 Å². The topological polar surface area (TPSA) is 74.8 Å². The lowest BCUT2D eigenvalue weighted by atomic mass is 10.1. The highest BCUT2D eigenvalue weighted by molar-refractivity contribution is 8.00. The Hall–Kier alpha value is -2.48. The fourth-order valence-electron chi connectivity index (χ4n) is 2.83. The minimum Gasteiger partial charge on any atom is -0.341 e. The van der Waals surface area contributed by atoms with Crippen LogP contribution in [0.3, 0.4) is 0 Å². The maximum Gasteiger partial charge on any atom is 0.240 e. The maximum absolute atomic E-state index is 14.0. The van der Waals surface area contributed by atoms with Crippen LogP contribution >= 0.6 is 11.8 Å². The SMILES string of the molecule is O=C1[C@@H](Sc2ncnc3nc[nH]c23)CCCN1c1ccccc1F. The smallest absolute Gasteiger partial charge is 0.240 e. The molecule has 122 valence electrons. The average Bonchev–Trinajstić information content (AvgIpc) is 3.07. The van der Waals surface area contributed by atoms with Crippen molar-refractivity contribution in [3.8, 4) is 0 Å². The van der Waals surface area contributed by atoms with Gasteiger partial charge in [0.15, 0.2) is 5.65 Å². The van der Waals surface area contributed by atoms with E-state index in [0.29, 0.717) is 22.9 Å². The van der Waals surface area contributed by atoms with E-state index in [9.17, 15) is 9.18 Å². The van der Waals surface area contributed by atoms with Gasteiger partial charge in [-0.3, -0.25) is 4.79 Å². The van der Waals surface area contributed by atoms with E-state index in [1.807, 2.05) is 0 Å². The summed E-state index contributed by atoms with van der Waals surface area (Å²) in [6, 6.07) is 6.37. The van der Waals surface area contributed by atoms with Crippen LogP contribution in [0.1, 0.15) is 12.8 Å². The monoisotopic (exact) mass is 343 g/mol. The lowest BCUT2D eigenvalue weighted by molar-refractivity contribution is -0.119. The maximum atomic E-state index is 14.0. The van der Waals surface area contributed by atoms with E-state index in [4.69, 9.17) is 0 Å². The number of halogens is 1. The summed E-state index contributed by atoms with van der Waals surface area (Å²) >= 11 is 1.38. The molecule has 4 rings (SSSR count). The van der Waals surface area contributed by atoms with E-state index < -0.39 is 0 Å². The Balaban J connectivity index is 1.61. The van der Waals surface area contributed by atoms with Crippen molar-refractivity contribution in [2.45, 2.75) is 23.1 Å². The molecule has 1 fully saturated rings. The number of nitrogens with one attached hydrogen (secondary N) is 1. The van der Waals surface area contributed by atoms with Gasteiger partial charge in [-0.25, -0.2) is 19.3 Å². The molecule has 0 aliphatic carbocycles. The Morgan fingerprint density at radius 3 is 3.00 bits per heavy atom. The number of fused-ring (bicyclic) bond motifs is 1. The largest absolute Gasteiger partial charge is 0.341 e. The molecule has 1 amide bonds. The molecule has 1 aliphatic heterocycles. The molecule has 0 radical (unpaired) electrons. The third kappa shape index (κ3) is 2.62. The van der Waals surface area contributed by atoms with E-state index in [2.05, 4.69) is 19.9 Å². The number of aromatic nitrogens is 4. The number of thioether (sulfide) groups is 1. The molecule has 1 atom stereocenters. The summed E-state index contributed by atoms with van der Waals surface area (Å²) in [7, 11) is 0. The number of carbonyl (C=O) groups is 1. The molecule has 0 spiro atoms. The zero-order chi connectivity index (χ0) is 16.5. The molecule has 2 aromatic heterocycles. The zero-order valence-electron chi connectivity index (χ0n) is 12.6. The molecule has 8 heteroatoms. The lowest BCUT2D eigenvalue weighted by Crippen LogP contribution is -2.43. The van der Waals surface area contributed by atoms with Gasteiger partial charge in [-0.05, 0) is 25.0 Å². The molecule has 0 saturated carbocycles. The van der Waals surface area contributed by atoms with Crippen LogP contribution in [0.2, 0.25) is 0 Å². The Morgan fingerprint density at radius 1 is 1.25 bits per heavy atom. The highest BCUT2D eigenvalue weighted by Crippen LogP contribution is 2.34. The highest BCUT2D eigenvalue weighted by atomic mass is 32.2. The molecule has 1 aromatic carbocycles. The van der Waals surface area contributed by atoms with Crippen molar-refractivity contribution in [3.05, 3.63) is 42.7 Å². The number of imidazole rings is 1. The third-order valence-electron chi connectivity index (χ3n) is 3.97. The highest BCUT2D eigenvalue weighted by Gasteiger charge is 2.32. The van der Waals surface area contributed by atoms with Crippen molar-refractivity contribution in [2.24, 2.45) is 0 Å². The number of para-hydroxylation sites is 1. The van der Waals surface area contributed by atoms with E-state index in [1.165, 1.54) is 29.1 Å². The Bertz CT molecular complexity index is 899. The van der Waals surface area contributed by atoms with E-state index >= 15 is 0 Å². The number of rotatable bonds is 3. The molecule has 0 bridgehead atoms. The van der Waals surface area contributed by atoms with Gasteiger partial charge in [0, 0.05) is 6.54 Å². The van der Waals surface area contributed by atoms with Crippen molar-refractivity contribution < 1.29 is 9.18 Å². The first-order valence-electron chi connectivity index (χ1n) is 7.60. The van der Waals surface area contributed by atoms with Gasteiger partial charge in [0.1, 0.15) is 22.7 Å². The Labute approximate surface area is 141 Å². The van der Waals surface area contributed by atoms with Gasteiger partial charge in [0.2, 0.25) is 5.91 Å². The first-order valence-corrected chi connectivity index (χ1v) is 8.48. The molecular formula is C16H14FN5OS. The zero-order valence-corrected chi connectivity index (χ0v) is 13.5. The molecule has 1 saturated heterocycles. The number of aromatic amines is 1. The number of hydrogen-bond acceptors (Lipinski definition) is 5. The number of anilines is 1. The fraction of sp³-hybridized carbons (Fsp3) is 0.250. The van der Waals surface area contributed by atoms with Crippen molar-refractivity contribution in [1.82, 2.24) is 19.9 Å². The summed E-state index contributed by atoms with van der Waals surface area (Å²) in [5, 5.41) is 0.381. The van der Waals surface area contributed by atoms with Crippen molar-refractivity contribution >= 4 is 34.5 Å². The Morgan fingerprint density at radius 2 is 2.12 bits per heavy atom. The number of amides is 1. The summed E-state index contributed by atoms with van der Waals surface area (Å²) in [5.41, 5.74) is 1.63. The number of H-pyrrole nitrogens is 1. The minimum absolute atomic E-state index is 0.0948. The average molecular weight is 343 g/mol. The number of carbonyl (C=O) groups excluding carboxylic acids is 1. The summed E-state index contributed by atoms with van der Waals surface area (Å²) in [6.45, 7) is 0.528. The van der Waals surface area contributed by atoms with Crippen LogP contribution < -0.4 is 4.90 Å². The first kappa shape index (κ1) is 15.1. The molecule has 0 unspecified atom stereocenters. The minimum atomic E-state index is -0.380. The van der Waals surface area contributed by atoms with Crippen LogP contribution in [0.5, 0.6) is 0 Å². The number of piperidine rings is 1. The quantitative estimate of drug-likeness (QED) is 0.740. The fourth-order valence-corrected chi connectivity index (χ4v) is 3.99. The van der Waals surface area contributed by atoms with Gasteiger partial charge in [0.05, 0.1) is 17.3 Å². The van der Waals surface area contributed by atoms with Crippen LogP contribution in [0, 0.1) is 5.82 Å². The number of benzene rings is 1. The second-order valence-electron chi connectivity index (χ2n) is 5.47. The second kappa shape index (κ2) is 6.20. The van der Waals surface area contributed by atoms with E-state index in [1.54, 1.807) is 24.5 Å².